The molecule has 2 rings (SSSR count). The Morgan fingerprint density at radius 3 is 2.37 bits per heavy atom. The van der Waals surface area contributed by atoms with Gasteiger partial charge in [-0.25, -0.2) is 4.68 Å². The largest absolute Gasteiger partial charge is 0.497 e. The van der Waals surface area contributed by atoms with E-state index in [-0.39, 0.29) is 23.8 Å². The van der Waals surface area contributed by atoms with Crippen molar-refractivity contribution in [2.24, 2.45) is 0 Å². The number of aromatic nitrogens is 2. The zero-order valence-electron chi connectivity index (χ0n) is 19.0. The molecule has 7 nitrogen and oxygen atoms in total. The smallest absolute Gasteiger partial charge is 0.245 e. The predicted molar refractivity (Wildman–Crippen MR) is 119 cm³/mol. The summed E-state index contributed by atoms with van der Waals surface area (Å²) in [6.45, 7) is 10.7. The number of unbranched alkanes of at least 4 members (excludes halogenated alkanes) is 1. The summed E-state index contributed by atoms with van der Waals surface area (Å²) in [6.07, 6.45) is 2.22. The van der Waals surface area contributed by atoms with E-state index in [1.54, 1.807) is 16.7 Å². The van der Waals surface area contributed by atoms with Crippen LogP contribution in [0.15, 0.2) is 30.3 Å². The van der Waals surface area contributed by atoms with E-state index in [4.69, 9.17) is 9.84 Å². The molecule has 0 saturated carbocycles. The molecule has 0 aliphatic carbocycles. The van der Waals surface area contributed by atoms with Crippen LogP contribution in [0, 0.1) is 0 Å². The monoisotopic (exact) mass is 414 g/mol. The molecule has 2 amide bonds. The van der Waals surface area contributed by atoms with Crippen LogP contribution in [-0.2, 0) is 15.0 Å². The Labute approximate surface area is 179 Å². The Balaban J connectivity index is 2.29. The topological polar surface area (TPSA) is 76.5 Å². The lowest BCUT2D eigenvalue weighted by atomic mass is 9.92. The Morgan fingerprint density at radius 1 is 1.17 bits per heavy atom. The summed E-state index contributed by atoms with van der Waals surface area (Å²) < 4.78 is 6.95. The van der Waals surface area contributed by atoms with Crippen LogP contribution in [0.2, 0.25) is 0 Å². The van der Waals surface area contributed by atoms with Crippen LogP contribution in [0.25, 0.3) is 5.69 Å². The molecule has 0 spiro atoms. The molecule has 0 aliphatic heterocycles. The molecule has 7 heteroatoms. The van der Waals surface area contributed by atoms with Crippen molar-refractivity contribution in [1.82, 2.24) is 14.7 Å². The molecular formula is C23H34N4O3. The number of carbonyl (C=O) groups excluding carboxylic acids is 2. The van der Waals surface area contributed by atoms with Gasteiger partial charge in [0, 0.05) is 24.4 Å². The maximum Gasteiger partial charge on any atom is 0.245 e. The number of hydrogen-bond donors (Lipinski definition) is 1. The molecule has 0 unspecified atom stereocenters. The summed E-state index contributed by atoms with van der Waals surface area (Å²) in [5.41, 5.74) is 1.50. The average molecular weight is 415 g/mol. The number of methoxy groups -OCH3 is 1. The van der Waals surface area contributed by atoms with Crippen molar-refractivity contribution in [2.75, 3.05) is 25.5 Å². The van der Waals surface area contributed by atoms with Gasteiger partial charge in [-0.15, -0.1) is 0 Å². The van der Waals surface area contributed by atoms with Gasteiger partial charge >= 0.3 is 0 Å². The summed E-state index contributed by atoms with van der Waals surface area (Å²) in [6, 6.07) is 9.38. The fourth-order valence-corrected chi connectivity index (χ4v) is 2.98. The standard InChI is InChI=1S/C23H34N4O3/c1-7-9-14-26(22(29)8-2)16-21(28)24-20-15-19(23(3,4)5)25-27(20)17-10-12-18(30-6)13-11-17/h10-13,15H,7-9,14,16H2,1-6H3,(H,24,28). The van der Waals surface area contributed by atoms with E-state index in [2.05, 4.69) is 33.0 Å². The van der Waals surface area contributed by atoms with Gasteiger partial charge in [0.2, 0.25) is 11.8 Å². The van der Waals surface area contributed by atoms with Crippen molar-refractivity contribution in [3.8, 4) is 11.4 Å². The first-order valence-electron chi connectivity index (χ1n) is 10.5. The molecule has 0 atom stereocenters. The second kappa shape index (κ2) is 10.3. The second-order valence-corrected chi connectivity index (χ2v) is 8.35. The number of benzene rings is 1. The van der Waals surface area contributed by atoms with Crippen molar-refractivity contribution >= 4 is 17.6 Å². The zero-order chi connectivity index (χ0) is 22.3. The third kappa shape index (κ3) is 6.08. The minimum Gasteiger partial charge on any atom is -0.497 e. The van der Waals surface area contributed by atoms with Gasteiger partial charge in [0.15, 0.2) is 0 Å². The lowest BCUT2D eigenvalue weighted by Crippen LogP contribution is -2.38. The van der Waals surface area contributed by atoms with Crippen LogP contribution >= 0.6 is 0 Å². The fraction of sp³-hybridized carbons (Fsp3) is 0.522. The molecular weight excluding hydrogens is 380 g/mol. The van der Waals surface area contributed by atoms with Crippen LogP contribution in [0.4, 0.5) is 5.82 Å². The highest BCUT2D eigenvalue weighted by molar-refractivity contribution is 5.94. The van der Waals surface area contributed by atoms with E-state index in [0.717, 1.165) is 30.0 Å². The minimum atomic E-state index is -0.233. The van der Waals surface area contributed by atoms with Crippen LogP contribution in [0.1, 0.15) is 59.6 Å². The molecule has 1 aromatic carbocycles. The van der Waals surface area contributed by atoms with E-state index >= 15 is 0 Å². The van der Waals surface area contributed by atoms with Crippen LogP contribution < -0.4 is 10.1 Å². The molecule has 2 aromatic rings. The molecule has 0 aliphatic rings. The Kier molecular flexibility index (Phi) is 8.03. The molecule has 1 heterocycles. The quantitative estimate of drug-likeness (QED) is 0.669. The first-order valence-corrected chi connectivity index (χ1v) is 10.5. The van der Waals surface area contributed by atoms with Gasteiger partial charge in [-0.3, -0.25) is 9.59 Å². The van der Waals surface area contributed by atoms with Crippen molar-refractivity contribution in [3.05, 3.63) is 36.0 Å². The van der Waals surface area contributed by atoms with Gasteiger partial charge in [-0.05, 0) is 30.7 Å². The van der Waals surface area contributed by atoms with Gasteiger partial charge in [-0.1, -0.05) is 41.0 Å². The SMILES string of the molecule is CCCCN(CC(=O)Nc1cc(C(C)(C)C)nn1-c1ccc(OC)cc1)C(=O)CC. The van der Waals surface area contributed by atoms with E-state index in [1.165, 1.54) is 0 Å². The lowest BCUT2D eigenvalue weighted by Gasteiger charge is -2.21. The van der Waals surface area contributed by atoms with Crippen molar-refractivity contribution in [2.45, 2.75) is 59.3 Å². The first kappa shape index (κ1) is 23.4. The second-order valence-electron chi connectivity index (χ2n) is 8.35. The van der Waals surface area contributed by atoms with E-state index in [9.17, 15) is 9.59 Å². The van der Waals surface area contributed by atoms with Gasteiger partial charge in [0.25, 0.3) is 0 Å². The van der Waals surface area contributed by atoms with Crippen molar-refractivity contribution in [3.63, 3.8) is 0 Å². The van der Waals surface area contributed by atoms with E-state index in [0.29, 0.717) is 18.8 Å². The Hall–Kier alpha value is -2.83. The van der Waals surface area contributed by atoms with Gasteiger partial charge in [0.05, 0.1) is 25.0 Å². The lowest BCUT2D eigenvalue weighted by molar-refractivity contribution is -0.134. The number of anilines is 1. The maximum atomic E-state index is 12.8. The molecule has 0 bridgehead atoms. The van der Waals surface area contributed by atoms with Crippen molar-refractivity contribution < 1.29 is 14.3 Å². The minimum absolute atomic E-state index is 0.0161. The summed E-state index contributed by atoms with van der Waals surface area (Å²) in [7, 11) is 1.62. The average Bonchev–Trinajstić information content (AvgIpc) is 3.14. The summed E-state index contributed by atoms with van der Waals surface area (Å²) in [4.78, 5) is 26.6. The third-order valence-corrected chi connectivity index (χ3v) is 4.83. The molecule has 0 saturated heterocycles. The number of nitrogens with one attached hydrogen (secondary N) is 1. The highest BCUT2D eigenvalue weighted by atomic mass is 16.5. The van der Waals surface area contributed by atoms with Crippen LogP contribution in [0.3, 0.4) is 0 Å². The van der Waals surface area contributed by atoms with Crippen molar-refractivity contribution in [1.29, 1.82) is 0 Å². The summed E-state index contributed by atoms with van der Waals surface area (Å²) in [5, 5.41) is 7.67. The summed E-state index contributed by atoms with van der Waals surface area (Å²) >= 11 is 0. The maximum absolute atomic E-state index is 12.8. The Morgan fingerprint density at radius 2 is 1.83 bits per heavy atom. The normalized spacial score (nSPS) is 11.3. The number of hydrogen-bond acceptors (Lipinski definition) is 4. The molecule has 30 heavy (non-hydrogen) atoms. The summed E-state index contributed by atoms with van der Waals surface area (Å²) in [5.74, 6) is 1.08. The van der Waals surface area contributed by atoms with E-state index < -0.39 is 0 Å². The van der Waals surface area contributed by atoms with Crippen LogP contribution in [0.5, 0.6) is 5.75 Å². The fourth-order valence-electron chi connectivity index (χ4n) is 2.98. The zero-order valence-corrected chi connectivity index (χ0v) is 19.0. The van der Waals surface area contributed by atoms with Gasteiger partial charge in [-0.2, -0.15) is 5.10 Å². The molecule has 0 radical (unpaired) electrons. The molecule has 1 aromatic heterocycles. The highest BCUT2D eigenvalue weighted by Gasteiger charge is 2.22. The number of nitrogens with zero attached hydrogens (tertiary/aromatic N) is 3. The Bertz CT molecular complexity index is 850. The van der Waals surface area contributed by atoms with Gasteiger partial charge < -0.3 is 15.0 Å². The number of amides is 2. The first-order chi connectivity index (χ1) is 14.2. The van der Waals surface area contributed by atoms with Crippen LogP contribution in [-0.4, -0.2) is 46.7 Å². The predicted octanol–water partition coefficient (Wildman–Crippen LogP) is 4.16. The number of rotatable bonds is 9. The molecule has 0 fully saturated rings. The van der Waals surface area contributed by atoms with Gasteiger partial charge in [0.1, 0.15) is 11.6 Å². The number of carbonyl (C=O) groups is 2. The molecule has 164 valence electrons. The van der Waals surface area contributed by atoms with E-state index in [1.807, 2.05) is 37.3 Å². The highest BCUT2D eigenvalue weighted by Crippen LogP contribution is 2.27. The molecule has 1 N–H and O–H groups in total. The number of ether oxygens (including phenoxy) is 1. The third-order valence-electron chi connectivity index (χ3n) is 4.83.